The molecule has 17 heavy (non-hydrogen) atoms. The number of hydrogen-bond donors (Lipinski definition) is 2. The lowest BCUT2D eigenvalue weighted by molar-refractivity contribution is -0.122. The summed E-state index contributed by atoms with van der Waals surface area (Å²) >= 11 is 1.50. The minimum Gasteiger partial charge on any atom is -0.348 e. The molecule has 1 amide bonds. The molecule has 1 heterocycles. The summed E-state index contributed by atoms with van der Waals surface area (Å²) in [5, 5.41) is 2.86. The molecule has 0 fully saturated rings. The van der Waals surface area contributed by atoms with Crippen LogP contribution in [0.1, 0.15) is 24.9 Å². The SMILES string of the molecule is C[C@H](N)C(=O)NC1CCSc2c(F)cccc21. The molecule has 0 spiro atoms. The molecule has 0 saturated carbocycles. The highest BCUT2D eigenvalue weighted by Crippen LogP contribution is 2.37. The predicted octanol–water partition coefficient (Wildman–Crippen LogP) is 1.83. The van der Waals surface area contributed by atoms with Crippen molar-refractivity contribution in [3.63, 3.8) is 0 Å². The van der Waals surface area contributed by atoms with Crippen molar-refractivity contribution in [3.8, 4) is 0 Å². The molecule has 1 aliphatic rings. The maximum Gasteiger partial charge on any atom is 0.237 e. The van der Waals surface area contributed by atoms with E-state index in [9.17, 15) is 9.18 Å². The number of fused-ring (bicyclic) bond motifs is 1. The maximum absolute atomic E-state index is 13.6. The van der Waals surface area contributed by atoms with Crippen molar-refractivity contribution < 1.29 is 9.18 Å². The largest absolute Gasteiger partial charge is 0.348 e. The summed E-state index contributed by atoms with van der Waals surface area (Å²) in [7, 11) is 0. The van der Waals surface area contributed by atoms with Crippen LogP contribution < -0.4 is 11.1 Å². The molecule has 3 nitrogen and oxygen atoms in total. The lowest BCUT2D eigenvalue weighted by Gasteiger charge is -2.26. The molecule has 3 N–H and O–H groups in total. The summed E-state index contributed by atoms with van der Waals surface area (Å²) in [6.45, 7) is 1.64. The van der Waals surface area contributed by atoms with E-state index in [0.29, 0.717) is 4.90 Å². The van der Waals surface area contributed by atoms with E-state index < -0.39 is 6.04 Å². The maximum atomic E-state index is 13.6. The Hall–Kier alpha value is -1.07. The number of thioether (sulfide) groups is 1. The quantitative estimate of drug-likeness (QED) is 0.846. The molecule has 0 radical (unpaired) electrons. The van der Waals surface area contributed by atoms with E-state index in [2.05, 4.69) is 5.32 Å². The number of rotatable bonds is 2. The fourth-order valence-corrected chi connectivity index (χ4v) is 2.98. The molecule has 1 unspecified atom stereocenters. The molecule has 2 rings (SSSR count). The summed E-state index contributed by atoms with van der Waals surface area (Å²) in [4.78, 5) is 12.2. The number of nitrogens with two attached hydrogens (primary N) is 1. The van der Waals surface area contributed by atoms with Crippen molar-refractivity contribution in [1.82, 2.24) is 5.32 Å². The van der Waals surface area contributed by atoms with E-state index >= 15 is 0 Å². The Morgan fingerprint density at radius 3 is 3.12 bits per heavy atom. The van der Waals surface area contributed by atoms with Gasteiger partial charge in [-0.25, -0.2) is 4.39 Å². The second kappa shape index (κ2) is 5.06. The van der Waals surface area contributed by atoms with Crippen LogP contribution in [0.15, 0.2) is 23.1 Å². The molecule has 0 saturated heterocycles. The average molecular weight is 254 g/mol. The fourth-order valence-electron chi connectivity index (χ4n) is 1.84. The summed E-state index contributed by atoms with van der Waals surface area (Å²) in [6.07, 6.45) is 0.805. The first-order valence-electron chi connectivity index (χ1n) is 5.56. The second-order valence-corrected chi connectivity index (χ2v) is 5.25. The van der Waals surface area contributed by atoms with Gasteiger partial charge in [-0.1, -0.05) is 12.1 Å². The molecule has 1 aliphatic heterocycles. The minimum absolute atomic E-state index is 0.125. The molecule has 5 heteroatoms. The van der Waals surface area contributed by atoms with Crippen LogP contribution in [-0.4, -0.2) is 17.7 Å². The molecule has 0 aliphatic carbocycles. The monoisotopic (exact) mass is 254 g/mol. The number of carbonyl (C=O) groups excluding carboxylic acids is 1. The van der Waals surface area contributed by atoms with Gasteiger partial charge in [0.1, 0.15) is 5.82 Å². The number of halogens is 1. The first-order valence-corrected chi connectivity index (χ1v) is 6.55. The summed E-state index contributed by atoms with van der Waals surface area (Å²) < 4.78 is 13.6. The van der Waals surface area contributed by atoms with Gasteiger partial charge in [-0.2, -0.15) is 0 Å². The molecule has 0 bridgehead atoms. The normalized spacial score (nSPS) is 20.5. The smallest absolute Gasteiger partial charge is 0.237 e. The number of nitrogens with one attached hydrogen (secondary N) is 1. The van der Waals surface area contributed by atoms with Crippen molar-refractivity contribution in [2.45, 2.75) is 30.3 Å². The van der Waals surface area contributed by atoms with Gasteiger partial charge in [-0.3, -0.25) is 4.79 Å². The first kappa shape index (κ1) is 12.4. The molecule has 0 aromatic heterocycles. The Morgan fingerprint density at radius 2 is 2.41 bits per heavy atom. The van der Waals surface area contributed by atoms with Gasteiger partial charge in [-0.05, 0) is 25.0 Å². The standard InChI is InChI=1S/C12H15FN2OS/c1-7(14)12(16)15-10-5-6-17-11-8(10)3-2-4-9(11)13/h2-4,7,10H,5-6,14H2,1H3,(H,15,16)/t7-,10?/m0/s1. The van der Waals surface area contributed by atoms with Crippen molar-refractivity contribution in [3.05, 3.63) is 29.6 Å². The number of carbonyl (C=O) groups is 1. The summed E-state index contributed by atoms with van der Waals surface area (Å²) in [6, 6.07) is 4.31. The third-order valence-corrected chi connectivity index (χ3v) is 3.92. The molecule has 1 aromatic rings. The lowest BCUT2D eigenvalue weighted by atomic mass is 10.0. The molecular weight excluding hydrogens is 239 g/mol. The van der Waals surface area contributed by atoms with Gasteiger partial charge in [0.05, 0.1) is 12.1 Å². The van der Waals surface area contributed by atoms with Crippen molar-refractivity contribution in [2.75, 3.05) is 5.75 Å². The number of benzene rings is 1. The van der Waals surface area contributed by atoms with E-state index in [1.54, 1.807) is 13.0 Å². The Bertz CT molecular complexity index is 437. The van der Waals surface area contributed by atoms with Crippen LogP contribution >= 0.6 is 11.8 Å². The van der Waals surface area contributed by atoms with E-state index in [1.165, 1.54) is 17.8 Å². The van der Waals surface area contributed by atoms with Gasteiger partial charge in [0.2, 0.25) is 5.91 Å². The van der Waals surface area contributed by atoms with Crippen LogP contribution in [0.5, 0.6) is 0 Å². The Morgan fingerprint density at radius 1 is 1.65 bits per heavy atom. The third kappa shape index (κ3) is 2.61. The van der Waals surface area contributed by atoms with Gasteiger partial charge in [0.15, 0.2) is 0 Å². The van der Waals surface area contributed by atoms with Gasteiger partial charge >= 0.3 is 0 Å². The van der Waals surface area contributed by atoms with Crippen LogP contribution in [0.25, 0.3) is 0 Å². The van der Waals surface area contributed by atoms with E-state index in [-0.39, 0.29) is 17.8 Å². The van der Waals surface area contributed by atoms with Gasteiger partial charge < -0.3 is 11.1 Å². The Labute approximate surface area is 104 Å². The zero-order valence-electron chi connectivity index (χ0n) is 9.57. The van der Waals surface area contributed by atoms with E-state index in [4.69, 9.17) is 5.73 Å². The highest BCUT2D eigenvalue weighted by atomic mass is 32.2. The fraction of sp³-hybridized carbons (Fsp3) is 0.417. The van der Waals surface area contributed by atoms with Gasteiger partial charge in [0.25, 0.3) is 0 Å². The van der Waals surface area contributed by atoms with E-state index in [0.717, 1.165) is 17.7 Å². The van der Waals surface area contributed by atoms with Crippen LogP contribution in [0.2, 0.25) is 0 Å². The van der Waals surface area contributed by atoms with Crippen molar-refractivity contribution in [1.29, 1.82) is 0 Å². The lowest BCUT2D eigenvalue weighted by Crippen LogP contribution is -2.41. The van der Waals surface area contributed by atoms with Gasteiger partial charge in [0, 0.05) is 10.6 Å². The minimum atomic E-state index is -0.540. The van der Waals surface area contributed by atoms with Gasteiger partial charge in [-0.15, -0.1) is 11.8 Å². The predicted molar refractivity (Wildman–Crippen MR) is 66.3 cm³/mol. The first-order chi connectivity index (χ1) is 8.09. The van der Waals surface area contributed by atoms with Crippen LogP contribution in [0, 0.1) is 5.82 Å². The number of amides is 1. The zero-order valence-corrected chi connectivity index (χ0v) is 10.4. The average Bonchev–Trinajstić information content (AvgIpc) is 2.30. The van der Waals surface area contributed by atoms with Crippen LogP contribution in [0.3, 0.4) is 0 Å². The molecular formula is C12H15FN2OS. The molecule has 2 atom stereocenters. The van der Waals surface area contributed by atoms with E-state index in [1.807, 2.05) is 6.07 Å². The highest BCUT2D eigenvalue weighted by molar-refractivity contribution is 7.99. The van der Waals surface area contributed by atoms with Crippen molar-refractivity contribution in [2.24, 2.45) is 5.73 Å². The summed E-state index contributed by atoms with van der Waals surface area (Å²) in [5.41, 5.74) is 6.37. The third-order valence-electron chi connectivity index (χ3n) is 2.76. The number of hydrogen-bond acceptors (Lipinski definition) is 3. The zero-order chi connectivity index (χ0) is 12.4. The Balaban J connectivity index is 2.23. The van der Waals surface area contributed by atoms with Crippen LogP contribution in [-0.2, 0) is 4.79 Å². The second-order valence-electron chi connectivity index (χ2n) is 4.15. The van der Waals surface area contributed by atoms with Crippen molar-refractivity contribution >= 4 is 17.7 Å². The Kier molecular flexibility index (Phi) is 3.69. The topological polar surface area (TPSA) is 55.1 Å². The molecule has 1 aromatic carbocycles. The van der Waals surface area contributed by atoms with Crippen LogP contribution in [0.4, 0.5) is 4.39 Å². The summed E-state index contributed by atoms with van der Waals surface area (Å²) in [5.74, 6) is 0.391. The molecule has 92 valence electrons. The highest BCUT2D eigenvalue weighted by Gasteiger charge is 2.25.